The van der Waals surface area contributed by atoms with Gasteiger partial charge in [-0.3, -0.25) is 4.98 Å². The van der Waals surface area contributed by atoms with Gasteiger partial charge in [0.1, 0.15) is 5.01 Å². The Morgan fingerprint density at radius 1 is 1.24 bits per heavy atom. The van der Waals surface area contributed by atoms with E-state index in [9.17, 15) is 0 Å². The number of pyridine rings is 1. The van der Waals surface area contributed by atoms with Crippen LogP contribution in [-0.2, 0) is 6.61 Å². The highest BCUT2D eigenvalue weighted by Gasteiger charge is 2.07. The van der Waals surface area contributed by atoms with Crippen molar-refractivity contribution in [2.24, 2.45) is 0 Å². The standard InChI is InChI=1S/C13H10N2OS/c16-7-10-8-17-13(15-10)12-3-1-2-9-6-14-5-4-11(9)12/h1-6,8,16H,7H2. The van der Waals surface area contributed by atoms with Crippen LogP contribution in [0.5, 0.6) is 0 Å². The quantitative estimate of drug-likeness (QED) is 0.751. The van der Waals surface area contributed by atoms with Gasteiger partial charge >= 0.3 is 0 Å². The van der Waals surface area contributed by atoms with E-state index in [4.69, 9.17) is 5.11 Å². The summed E-state index contributed by atoms with van der Waals surface area (Å²) in [5, 5.41) is 14.1. The van der Waals surface area contributed by atoms with Gasteiger partial charge in [0.05, 0.1) is 12.3 Å². The average Bonchev–Trinajstić information content (AvgIpc) is 2.87. The molecule has 0 aliphatic carbocycles. The van der Waals surface area contributed by atoms with E-state index in [0.717, 1.165) is 27.0 Å². The summed E-state index contributed by atoms with van der Waals surface area (Å²) >= 11 is 1.55. The number of benzene rings is 1. The predicted molar refractivity (Wildman–Crippen MR) is 68.8 cm³/mol. The maximum atomic E-state index is 9.05. The molecule has 0 spiro atoms. The lowest BCUT2D eigenvalue weighted by molar-refractivity contribution is 0.278. The lowest BCUT2D eigenvalue weighted by Gasteiger charge is -2.02. The highest BCUT2D eigenvalue weighted by Crippen LogP contribution is 2.30. The van der Waals surface area contributed by atoms with Crippen LogP contribution < -0.4 is 0 Å². The molecule has 0 unspecified atom stereocenters. The van der Waals surface area contributed by atoms with Crippen molar-refractivity contribution in [3.8, 4) is 10.6 Å². The Bertz CT molecular complexity index is 658. The normalized spacial score (nSPS) is 10.9. The van der Waals surface area contributed by atoms with Crippen molar-refractivity contribution >= 4 is 22.1 Å². The van der Waals surface area contributed by atoms with E-state index in [-0.39, 0.29) is 6.61 Å². The second-order valence-electron chi connectivity index (χ2n) is 3.70. The van der Waals surface area contributed by atoms with Crippen LogP contribution in [0.2, 0.25) is 0 Å². The van der Waals surface area contributed by atoms with Gasteiger partial charge in [0.2, 0.25) is 0 Å². The Morgan fingerprint density at radius 3 is 3.00 bits per heavy atom. The van der Waals surface area contributed by atoms with E-state index in [1.165, 1.54) is 0 Å². The summed E-state index contributed by atoms with van der Waals surface area (Å²) in [6.45, 7) is -0.0111. The molecule has 17 heavy (non-hydrogen) atoms. The van der Waals surface area contributed by atoms with E-state index in [0.29, 0.717) is 0 Å². The smallest absolute Gasteiger partial charge is 0.124 e. The molecule has 3 rings (SSSR count). The molecule has 0 bridgehead atoms. The summed E-state index contributed by atoms with van der Waals surface area (Å²) in [4.78, 5) is 8.51. The average molecular weight is 242 g/mol. The first-order valence-electron chi connectivity index (χ1n) is 5.27. The first kappa shape index (κ1) is 10.4. The Labute approximate surface area is 102 Å². The lowest BCUT2D eigenvalue weighted by Crippen LogP contribution is -1.84. The molecule has 0 fully saturated rings. The van der Waals surface area contributed by atoms with E-state index in [2.05, 4.69) is 9.97 Å². The van der Waals surface area contributed by atoms with Crippen LogP contribution in [0.4, 0.5) is 0 Å². The van der Waals surface area contributed by atoms with Crippen molar-refractivity contribution in [2.45, 2.75) is 6.61 Å². The Morgan fingerprint density at radius 2 is 2.18 bits per heavy atom. The number of fused-ring (bicyclic) bond motifs is 1. The van der Waals surface area contributed by atoms with Gasteiger partial charge in [-0.15, -0.1) is 11.3 Å². The Balaban J connectivity index is 2.23. The lowest BCUT2D eigenvalue weighted by atomic mass is 10.1. The van der Waals surface area contributed by atoms with E-state index >= 15 is 0 Å². The van der Waals surface area contributed by atoms with E-state index < -0.39 is 0 Å². The van der Waals surface area contributed by atoms with Crippen molar-refractivity contribution in [3.63, 3.8) is 0 Å². The summed E-state index contributed by atoms with van der Waals surface area (Å²) in [5.41, 5.74) is 1.81. The maximum Gasteiger partial charge on any atom is 0.124 e. The number of rotatable bonds is 2. The number of hydrogen-bond donors (Lipinski definition) is 1. The van der Waals surface area contributed by atoms with Crippen LogP contribution in [0.1, 0.15) is 5.69 Å². The summed E-state index contributed by atoms with van der Waals surface area (Å²) in [6.07, 6.45) is 3.63. The summed E-state index contributed by atoms with van der Waals surface area (Å²) < 4.78 is 0. The molecule has 0 amide bonds. The minimum absolute atomic E-state index is 0.0111. The fourth-order valence-electron chi connectivity index (χ4n) is 1.81. The fourth-order valence-corrected chi connectivity index (χ4v) is 2.66. The molecular weight excluding hydrogens is 232 g/mol. The second kappa shape index (κ2) is 4.24. The minimum atomic E-state index is -0.0111. The maximum absolute atomic E-state index is 9.05. The molecule has 0 aliphatic rings. The molecule has 0 saturated heterocycles. The second-order valence-corrected chi connectivity index (χ2v) is 4.56. The molecule has 2 heterocycles. The van der Waals surface area contributed by atoms with Crippen molar-refractivity contribution in [2.75, 3.05) is 0 Å². The van der Waals surface area contributed by atoms with Gasteiger partial charge in [0.15, 0.2) is 0 Å². The summed E-state index contributed by atoms with van der Waals surface area (Å²) in [5.74, 6) is 0. The van der Waals surface area contributed by atoms with Crippen molar-refractivity contribution in [1.82, 2.24) is 9.97 Å². The molecule has 84 valence electrons. The number of aliphatic hydroxyl groups excluding tert-OH is 1. The molecule has 0 atom stereocenters. The first-order valence-corrected chi connectivity index (χ1v) is 6.15. The van der Waals surface area contributed by atoms with Crippen LogP contribution >= 0.6 is 11.3 Å². The molecule has 0 radical (unpaired) electrons. The van der Waals surface area contributed by atoms with Gasteiger partial charge in [-0.05, 0) is 11.5 Å². The number of aromatic nitrogens is 2. The highest BCUT2D eigenvalue weighted by atomic mass is 32.1. The third kappa shape index (κ3) is 1.81. The van der Waals surface area contributed by atoms with Crippen molar-refractivity contribution in [3.05, 3.63) is 47.7 Å². The van der Waals surface area contributed by atoms with Crippen LogP contribution in [-0.4, -0.2) is 15.1 Å². The Hall–Kier alpha value is -1.78. The third-order valence-corrected chi connectivity index (χ3v) is 3.55. The van der Waals surface area contributed by atoms with Gasteiger partial charge in [-0.2, -0.15) is 0 Å². The number of thiazole rings is 1. The topological polar surface area (TPSA) is 46.0 Å². The minimum Gasteiger partial charge on any atom is -0.390 e. The molecule has 0 aliphatic heterocycles. The number of hydrogen-bond acceptors (Lipinski definition) is 4. The van der Waals surface area contributed by atoms with Gasteiger partial charge in [-0.1, -0.05) is 18.2 Å². The van der Waals surface area contributed by atoms with Crippen LogP contribution in [0, 0.1) is 0 Å². The SMILES string of the molecule is OCc1csc(-c2cccc3cnccc23)n1. The summed E-state index contributed by atoms with van der Waals surface area (Å²) in [6, 6.07) is 8.07. The largest absolute Gasteiger partial charge is 0.390 e. The van der Waals surface area contributed by atoms with Crippen LogP contribution in [0.15, 0.2) is 42.0 Å². The monoisotopic (exact) mass is 242 g/mol. The Kier molecular flexibility index (Phi) is 2.59. The zero-order chi connectivity index (χ0) is 11.7. The van der Waals surface area contributed by atoms with E-state index in [1.54, 1.807) is 17.5 Å². The van der Waals surface area contributed by atoms with Crippen molar-refractivity contribution < 1.29 is 5.11 Å². The number of nitrogens with zero attached hydrogens (tertiary/aromatic N) is 2. The predicted octanol–water partition coefficient (Wildman–Crippen LogP) is 2.85. The summed E-state index contributed by atoms with van der Waals surface area (Å²) in [7, 11) is 0. The van der Waals surface area contributed by atoms with Crippen LogP contribution in [0.25, 0.3) is 21.3 Å². The molecule has 3 aromatic rings. The van der Waals surface area contributed by atoms with Gasteiger partial charge < -0.3 is 5.11 Å². The van der Waals surface area contributed by atoms with Gasteiger partial charge in [0.25, 0.3) is 0 Å². The van der Waals surface area contributed by atoms with Gasteiger partial charge in [0, 0.05) is 28.7 Å². The fraction of sp³-hybridized carbons (Fsp3) is 0.0769. The molecule has 2 aromatic heterocycles. The number of aliphatic hydroxyl groups is 1. The highest BCUT2D eigenvalue weighted by molar-refractivity contribution is 7.13. The third-order valence-electron chi connectivity index (χ3n) is 2.62. The zero-order valence-corrected chi connectivity index (χ0v) is 9.81. The molecule has 1 N–H and O–H groups in total. The van der Waals surface area contributed by atoms with Crippen molar-refractivity contribution in [1.29, 1.82) is 0 Å². The van der Waals surface area contributed by atoms with Gasteiger partial charge in [-0.25, -0.2) is 4.98 Å². The first-order chi connectivity index (χ1) is 8.38. The van der Waals surface area contributed by atoms with E-state index in [1.807, 2.05) is 35.8 Å². The molecular formula is C13H10N2OS. The molecule has 0 saturated carbocycles. The molecule has 1 aromatic carbocycles. The molecule has 3 nitrogen and oxygen atoms in total. The van der Waals surface area contributed by atoms with Crippen LogP contribution in [0.3, 0.4) is 0 Å². The molecule has 4 heteroatoms. The zero-order valence-electron chi connectivity index (χ0n) is 9.00.